The van der Waals surface area contributed by atoms with Crippen LogP contribution in [0.25, 0.3) is 10.9 Å². The van der Waals surface area contributed by atoms with Crippen molar-refractivity contribution >= 4 is 10.9 Å². The Kier molecular flexibility index (Phi) is 7.66. The lowest BCUT2D eigenvalue weighted by Crippen LogP contribution is -2.26. The molecule has 2 aromatic carbocycles. The van der Waals surface area contributed by atoms with Gasteiger partial charge in [-0.15, -0.1) is 0 Å². The Morgan fingerprint density at radius 1 is 0.939 bits per heavy atom. The number of rotatable bonds is 10. The number of aromatic nitrogens is 2. The molecule has 0 amide bonds. The summed E-state index contributed by atoms with van der Waals surface area (Å²) in [6.45, 7) is 16.8. The average Bonchev–Trinajstić information content (AvgIpc) is 2.82. The van der Waals surface area contributed by atoms with Crippen LogP contribution < -0.4 is 10.3 Å². The Morgan fingerprint density at radius 2 is 1.64 bits per heavy atom. The van der Waals surface area contributed by atoms with Gasteiger partial charge in [-0.2, -0.15) is 0 Å². The van der Waals surface area contributed by atoms with Crippen molar-refractivity contribution in [1.82, 2.24) is 9.55 Å². The summed E-state index contributed by atoms with van der Waals surface area (Å²) in [5.74, 6) is 1.79. The Bertz CT molecular complexity index is 1160. The molecule has 0 atom stereocenters. The molecular weight excluding hydrogens is 408 g/mol. The van der Waals surface area contributed by atoms with E-state index < -0.39 is 0 Å². The lowest BCUT2D eigenvalue weighted by atomic mass is 9.76. The predicted molar refractivity (Wildman–Crippen MR) is 139 cm³/mol. The topological polar surface area (TPSA) is 44.1 Å². The number of para-hydroxylation sites is 1. The molecule has 0 saturated heterocycles. The zero-order valence-electron chi connectivity index (χ0n) is 21.5. The number of benzene rings is 2. The lowest BCUT2D eigenvalue weighted by Gasteiger charge is -2.30. The molecule has 0 bridgehead atoms. The molecule has 33 heavy (non-hydrogen) atoms. The van der Waals surface area contributed by atoms with Crippen LogP contribution in [0.15, 0.2) is 47.3 Å². The summed E-state index contributed by atoms with van der Waals surface area (Å²) in [5, 5.41) is 0.678. The summed E-state index contributed by atoms with van der Waals surface area (Å²) >= 11 is 0. The van der Waals surface area contributed by atoms with Crippen LogP contribution in [0, 0.1) is 0 Å². The van der Waals surface area contributed by atoms with Gasteiger partial charge in [0.05, 0.1) is 17.5 Å². The van der Waals surface area contributed by atoms with E-state index in [2.05, 4.69) is 59.7 Å². The fourth-order valence-corrected chi connectivity index (χ4v) is 4.12. The van der Waals surface area contributed by atoms with Crippen LogP contribution in [0.3, 0.4) is 0 Å². The maximum Gasteiger partial charge on any atom is 0.261 e. The molecule has 0 spiro atoms. The lowest BCUT2D eigenvalue weighted by molar-refractivity contribution is 0.290. The second-order valence-electron chi connectivity index (χ2n) is 10.2. The highest BCUT2D eigenvalue weighted by molar-refractivity contribution is 5.77. The molecule has 0 aliphatic carbocycles. The first kappa shape index (κ1) is 25.0. The van der Waals surface area contributed by atoms with Crippen molar-refractivity contribution in [3.8, 4) is 5.75 Å². The van der Waals surface area contributed by atoms with Crippen LogP contribution in [-0.2, 0) is 23.8 Å². The van der Waals surface area contributed by atoms with E-state index in [-0.39, 0.29) is 16.4 Å². The van der Waals surface area contributed by atoms with Crippen molar-refractivity contribution in [1.29, 1.82) is 0 Å². The average molecular weight is 449 g/mol. The van der Waals surface area contributed by atoms with E-state index in [9.17, 15) is 4.79 Å². The Hall–Kier alpha value is -2.62. The standard InChI is InChI=1S/C29H40N2O2/c1-8-26-30-24-15-12-11-14-22(24)27(32)31(26)18-13-19-33-25-17-16-21(28(4,5)9-2)20-23(25)29(6,7)10-3/h11-12,14-17,20H,8-10,13,18-19H2,1-7H3. The van der Waals surface area contributed by atoms with Crippen LogP contribution in [0.4, 0.5) is 0 Å². The van der Waals surface area contributed by atoms with E-state index >= 15 is 0 Å². The fraction of sp³-hybridized carbons (Fsp3) is 0.517. The van der Waals surface area contributed by atoms with Crippen molar-refractivity contribution in [2.24, 2.45) is 0 Å². The van der Waals surface area contributed by atoms with Gasteiger partial charge in [0.25, 0.3) is 5.56 Å². The minimum Gasteiger partial charge on any atom is -0.493 e. The molecule has 0 saturated carbocycles. The van der Waals surface area contributed by atoms with Gasteiger partial charge in [-0.25, -0.2) is 4.98 Å². The van der Waals surface area contributed by atoms with Gasteiger partial charge < -0.3 is 4.74 Å². The number of ether oxygens (including phenoxy) is 1. The normalized spacial score (nSPS) is 12.3. The molecule has 3 rings (SSSR count). The van der Waals surface area contributed by atoms with Gasteiger partial charge in [0.2, 0.25) is 0 Å². The predicted octanol–water partition coefficient (Wildman–Crippen LogP) is 6.80. The number of aryl methyl sites for hydroxylation is 1. The number of hydrogen-bond acceptors (Lipinski definition) is 3. The van der Waals surface area contributed by atoms with Crippen LogP contribution >= 0.6 is 0 Å². The van der Waals surface area contributed by atoms with Gasteiger partial charge in [0.15, 0.2) is 0 Å². The molecule has 4 nitrogen and oxygen atoms in total. The van der Waals surface area contributed by atoms with Gasteiger partial charge in [0, 0.05) is 18.5 Å². The van der Waals surface area contributed by atoms with E-state index in [0.29, 0.717) is 18.5 Å². The second kappa shape index (κ2) is 10.1. The Morgan fingerprint density at radius 3 is 2.30 bits per heavy atom. The summed E-state index contributed by atoms with van der Waals surface area (Å²) in [6.07, 6.45) is 3.61. The quantitative estimate of drug-likeness (QED) is 0.320. The molecule has 1 heterocycles. The van der Waals surface area contributed by atoms with Gasteiger partial charge in [-0.3, -0.25) is 9.36 Å². The third kappa shape index (κ3) is 5.31. The second-order valence-corrected chi connectivity index (χ2v) is 10.2. The fourth-order valence-electron chi connectivity index (χ4n) is 4.12. The molecule has 1 aromatic heterocycles. The summed E-state index contributed by atoms with van der Waals surface area (Å²) < 4.78 is 8.13. The SMILES string of the molecule is CCc1nc2ccccc2c(=O)n1CCCOc1ccc(C(C)(C)CC)cc1C(C)(C)CC. The zero-order chi connectivity index (χ0) is 24.2. The monoisotopic (exact) mass is 448 g/mol. The Labute approximate surface area is 199 Å². The first-order valence-electron chi connectivity index (χ1n) is 12.4. The first-order valence-corrected chi connectivity index (χ1v) is 12.4. The molecule has 178 valence electrons. The van der Waals surface area contributed by atoms with E-state index in [4.69, 9.17) is 9.72 Å². The zero-order valence-corrected chi connectivity index (χ0v) is 21.5. The van der Waals surface area contributed by atoms with Crippen molar-refractivity contribution in [3.63, 3.8) is 0 Å². The van der Waals surface area contributed by atoms with E-state index in [0.717, 1.165) is 42.8 Å². The summed E-state index contributed by atoms with van der Waals surface area (Å²) in [6, 6.07) is 14.3. The third-order valence-corrected chi connectivity index (χ3v) is 7.30. The largest absolute Gasteiger partial charge is 0.493 e. The van der Waals surface area contributed by atoms with Crippen LogP contribution in [0.5, 0.6) is 5.75 Å². The summed E-state index contributed by atoms with van der Waals surface area (Å²) in [5.41, 5.74) is 3.60. The van der Waals surface area contributed by atoms with Crippen molar-refractivity contribution in [2.75, 3.05) is 6.61 Å². The van der Waals surface area contributed by atoms with Crippen LogP contribution in [-0.4, -0.2) is 16.2 Å². The maximum atomic E-state index is 13.0. The summed E-state index contributed by atoms with van der Waals surface area (Å²) in [4.78, 5) is 17.8. The van der Waals surface area contributed by atoms with Gasteiger partial charge >= 0.3 is 0 Å². The molecule has 0 N–H and O–H groups in total. The van der Waals surface area contributed by atoms with Gasteiger partial charge in [-0.1, -0.05) is 72.7 Å². The van der Waals surface area contributed by atoms with Gasteiger partial charge in [0.1, 0.15) is 11.6 Å². The molecule has 3 aromatic rings. The molecule has 0 unspecified atom stereocenters. The van der Waals surface area contributed by atoms with E-state index in [1.165, 1.54) is 11.1 Å². The molecule has 4 heteroatoms. The molecular formula is C29H40N2O2. The van der Waals surface area contributed by atoms with Gasteiger partial charge in [-0.05, 0) is 53.9 Å². The van der Waals surface area contributed by atoms with Crippen LogP contribution in [0.1, 0.15) is 84.7 Å². The smallest absolute Gasteiger partial charge is 0.261 e. The maximum absolute atomic E-state index is 13.0. The molecule has 0 aliphatic heterocycles. The minimum absolute atomic E-state index is 0.0315. The van der Waals surface area contributed by atoms with E-state index in [1.807, 2.05) is 35.8 Å². The van der Waals surface area contributed by atoms with E-state index in [1.54, 1.807) is 0 Å². The summed E-state index contributed by atoms with van der Waals surface area (Å²) in [7, 11) is 0. The van der Waals surface area contributed by atoms with Crippen molar-refractivity contribution < 1.29 is 4.74 Å². The highest BCUT2D eigenvalue weighted by Crippen LogP contribution is 2.38. The minimum atomic E-state index is 0.0315. The van der Waals surface area contributed by atoms with Crippen LogP contribution in [0.2, 0.25) is 0 Å². The van der Waals surface area contributed by atoms with Crippen molar-refractivity contribution in [2.45, 2.75) is 91.5 Å². The number of fused-ring (bicyclic) bond motifs is 1. The highest BCUT2D eigenvalue weighted by atomic mass is 16.5. The Balaban J connectivity index is 1.80. The third-order valence-electron chi connectivity index (χ3n) is 7.30. The highest BCUT2D eigenvalue weighted by Gasteiger charge is 2.26. The van der Waals surface area contributed by atoms with Crippen molar-refractivity contribution in [3.05, 3.63) is 69.8 Å². The first-order chi connectivity index (χ1) is 15.6. The number of hydrogen-bond donors (Lipinski definition) is 0. The molecule has 0 aliphatic rings. The molecule has 0 fully saturated rings. The number of nitrogens with zero attached hydrogens (tertiary/aromatic N) is 2. The molecule has 0 radical (unpaired) electrons.